The Labute approximate surface area is 55.9 Å². The fourth-order valence-corrected chi connectivity index (χ4v) is 0.391. The summed E-state index contributed by atoms with van der Waals surface area (Å²) in [6.07, 6.45) is 6.72. The van der Waals surface area contributed by atoms with Gasteiger partial charge in [0.25, 0.3) is 0 Å². The van der Waals surface area contributed by atoms with Crippen molar-refractivity contribution in [2.45, 2.75) is 20.3 Å². The molecule has 0 unspecified atom stereocenters. The quantitative estimate of drug-likeness (QED) is 0.504. The Hall–Kier alpha value is -0.230. The Morgan fingerprint density at radius 3 is 2.62 bits per heavy atom. The summed E-state index contributed by atoms with van der Waals surface area (Å²) in [6, 6.07) is 0. The molecule has 0 aromatic heterocycles. The summed E-state index contributed by atoms with van der Waals surface area (Å²) in [6.45, 7) is 4.00. The summed E-state index contributed by atoms with van der Waals surface area (Å²) in [5.41, 5.74) is 0. The van der Waals surface area contributed by atoms with Crippen LogP contribution < -0.4 is 0 Å². The third-order valence-electron chi connectivity index (χ3n) is 0.807. The van der Waals surface area contributed by atoms with Gasteiger partial charge in [-0.15, -0.1) is 0 Å². The van der Waals surface area contributed by atoms with Gasteiger partial charge < -0.3 is 0 Å². The number of allylic oxidation sites excluding steroid dienone is 4. The van der Waals surface area contributed by atoms with Crippen LogP contribution in [0.4, 0.5) is 0 Å². The minimum Gasteiger partial charge on any atom is -0.0892 e. The first-order valence-electron chi connectivity index (χ1n) is 2.78. The highest BCUT2D eigenvalue weighted by Crippen LogP contribution is 2.04. The van der Waals surface area contributed by atoms with E-state index in [9.17, 15) is 0 Å². The van der Waals surface area contributed by atoms with E-state index in [1.54, 1.807) is 0 Å². The van der Waals surface area contributed by atoms with Crippen molar-refractivity contribution >= 4 is 11.6 Å². The fraction of sp³-hybridized carbons (Fsp3) is 0.429. The summed E-state index contributed by atoms with van der Waals surface area (Å²) < 4.78 is 0. The van der Waals surface area contributed by atoms with Gasteiger partial charge in [-0.05, 0) is 19.4 Å². The third-order valence-corrected chi connectivity index (χ3v) is 1.20. The maximum atomic E-state index is 5.65. The van der Waals surface area contributed by atoms with Gasteiger partial charge in [-0.1, -0.05) is 30.7 Å². The molecular formula is C7H11Cl. The summed E-state index contributed by atoms with van der Waals surface area (Å²) in [4.78, 5) is 0. The van der Waals surface area contributed by atoms with Gasteiger partial charge in [-0.25, -0.2) is 0 Å². The molecule has 8 heavy (non-hydrogen) atoms. The second-order valence-corrected chi connectivity index (χ2v) is 1.98. The van der Waals surface area contributed by atoms with Gasteiger partial charge in [-0.3, -0.25) is 0 Å². The van der Waals surface area contributed by atoms with E-state index in [-0.39, 0.29) is 0 Å². The van der Waals surface area contributed by atoms with Crippen LogP contribution in [0.5, 0.6) is 0 Å². The first-order chi connectivity index (χ1) is 3.81. The topological polar surface area (TPSA) is 0 Å². The van der Waals surface area contributed by atoms with E-state index in [1.807, 2.05) is 32.1 Å². The first-order valence-corrected chi connectivity index (χ1v) is 3.16. The molecule has 0 aromatic rings. The predicted octanol–water partition coefficient (Wildman–Crippen LogP) is 3.10. The molecule has 0 aliphatic carbocycles. The van der Waals surface area contributed by atoms with Crippen molar-refractivity contribution < 1.29 is 0 Å². The summed E-state index contributed by atoms with van der Waals surface area (Å²) >= 11 is 5.65. The maximum Gasteiger partial charge on any atom is 0.0178 e. The molecule has 0 nitrogen and oxygen atoms in total. The standard InChI is InChI=1S/C7H11Cl/c1-3-5-6-7(8)4-2/h3,5-6H,4H2,1-2H3/b5-3-,7-6+. The van der Waals surface area contributed by atoms with E-state index in [4.69, 9.17) is 11.6 Å². The Kier molecular flexibility index (Phi) is 4.78. The van der Waals surface area contributed by atoms with Crippen LogP contribution in [-0.4, -0.2) is 0 Å². The van der Waals surface area contributed by atoms with Crippen molar-refractivity contribution in [3.05, 3.63) is 23.3 Å². The number of rotatable bonds is 2. The van der Waals surface area contributed by atoms with Crippen molar-refractivity contribution in [2.24, 2.45) is 0 Å². The van der Waals surface area contributed by atoms with Gasteiger partial charge in [0.1, 0.15) is 0 Å². The van der Waals surface area contributed by atoms with Crippen molar-refractivity contribution in [3.63, 3.8) is 0 Å². The van der Waals surface area contributed by atoms with E-state index < -0.39 is 0 Å². The second kappa shape index (κ2) is 4.92. The molecule has 0 radical (unpaired) electrons. The smallest absolute Gasteiger partial charge is 0.0178 e. The van der Waals surface area contributed by atoms with Gasteiger partial charge in [0.05, 0.1) is 0 Å². The molecule has 0 aliphatic rings. The lowest BCUT2D eigenvalue weighted by atomic mass is 10.4. The number of halogens is 1. The third kappa shape index (κ3) is 3.94. The highest BCUT2D eigenvalue weighted by atomic mass is 35.5. The SMILES string of the molecule is C/C=C\C=C(\Cl)CC. The van der Waals surface area contributed by atoms with Gasteiger partial charge >= 0.3 is 0 Å². The van der Waals surface area contributed by atoms with Crippen LogP contribution >= 0.6 is 11.6 Å². The van der Waals surface area contributed by atoms with Crippen LogP contribution in [0.25, 0.3) is 0 Å². The zero-order chi connectivity index (χ0) is 6.41. The minimum atomic E-state index is 0.906. The molecule has 0 rings (SSSR count). The zero-order valence-corrected chi connectivity index (χ0v) is 6.07. The van der Waals surface area contributed by atoms with Crippen LogP contribution in [0.3, 0.4) is 0 Å². The lowest BCUT2D eigenvalue weighted by molar-refractivity contribution is 1.19. The molecule has 0 bridgehead atoms. The average Bonchev–Trinajstić information content (AvgIpc) is 1.83. The molecule has 0 N–H and O–H groups in total. The van der Waals surface area contributed by atoms with E-state index in [0.29, 0.717) is 0 Å². The first kappa shape index (κ1) is 7.77. The van der Waals surface area contributed by atoms with Crippen molar-refractivity contribution in [3.8, 4) is 0 Å². The number of hydrogen-bond donors (Lipinski definition) is 0. The van der Waals surface area contributed by atoms with Gasteiger partial charge in [0, 0.05) is 5.03 Å². The molecule has 0 fully saturated rings. The Morgan fingerprint density at radius 1 is 1.62 bits per heavy atom. The Bertz CT molecular complexity index is 101. The highest BCUT2D eigenvalue weighted by Gasteiger charge is 1.79. The fourth-order valence-electron chi connectivity index (χ4n) is 0.318. The summed E-state index contributed by atoms with van der Waals surface area (Å²) in [7, 11) is 0. The van der Waals surface area contributed by atoms with Gasteiger partial charge in [0.15, 0.2) is 0 Å². The Balaban J connectivity index is 3.57. The zero-order valence-electron chi connectivity index (χ0n) is 5.32. The molecular weight excluding hydrogens is 120 g/mol. The number of hydrogen-bond acceptors (Lipinski definition) is 0. The lowest BCUT2D eigenvalue weighted by Crippen LogP contribution is -1.61. The molecule has 0 heterocycles. The largest absolute Gasteiger partial charge is 0.0892 e. The second-order valence-electron chi connectivity index (χ2n) is 1.49. The van der Waals surface area contributed by atoms with E-state index in [1.165, 1.54) is 0 Å². The van der Waals surface area contributed by atoms with E-state index >= 15 is 0 Å². The normalized spacial score (nSPS) is 13.1. The predicted molar refractivity (Wildman–Crippen MR) is 39.0 cm³/mol. The molecule has 1 heteroatoms. The van der Waals surface area contributed by atoms with Crippen molar-refractivity contribution in [2.75, 3.05) is 0 Å². The van der Waals surface area contributed by atoms with Crippen LogP contribution in [0.15, 0.2) is 23.3 Å². The molecule has 0 saturated carbocycles. The molecule has 46 valence electrons. The minimum absolute atomic E-state index is 0.906. The Morgan fingerprint density at radius 2 is 2.25 bits per heavy atom. The molecule has 0 amide bonds. The molecule has 0 saturated heterocycles. The monoisotopic (exact) mass is 130 g/mol. The van der Waals surface area contributed by atoms with E-state index in [2.05, 4.69) is 0 Å². The van der Waals surface area contributed by atoms with E-state index in [0.717, 1.165) is 11.5 Å². The van der Waals surface area contributed by atoms with Gasteiger partial charge in [-0.2, -0.15) is 0 Å². The average molecular weight is 131 g/mol. The molecule has 0 atom stereocenters. The molecule has 0 spiro atoms. The van der Waals surface area contributed by atoms with Crippen LogP contribution in [0.2, 0.25) is 0 Å². The molecule has 0 aliphatic heterocycles. The van der Waals surface area contributed by atoms with Crippen molar-refractivity contribution in [1.29, 1.82) is 0 Å². The summed E-state index contributed by atoms with van der Waals surface area (Å²) in [5, 5.41) is 0.906. The van der Waals surface area contributed by atoms with Crippen LogP contribution in [0.1, 0.15) is 20.3 Å². The van der Waals surface area contributed by atoms with Crippen LogP contribution in [0, 0.1) is 0 Å². The van der Waals surface area contributed by atoms with Gasteiger partial charge in [0.2, 0.25) is 0 Å². The lowest BCUT2D eigenvalue weighted by Gasteiger charge is -1.83. The molecule has 0 aromatic carbocycles. The van der Waals surface area contributed by atoms with Crippen LogP contribution in [-0.2, 0) is 0 Å². The highest BCUT2D eigenvalue weighted by molar-refractivity contribution is 6.29. The maximum absolute atomic E-state index is 5.65. The summed E-state index contributed by atoms with van der Waals surface area (Å²) in [5.74, 6) is 0. The van der Waals surface area contributed by atoms with Crippen molar-refractivity contribution in [1.82, 2.24) is 0 Å².